The molecule has 2 aromatic heterocycles. The average Bonchev–Trinajstić information content (AvgIpc) is 4.08. The van der Waals surface area contributed by atoms with Crippen LogP contribution < -0.4 is 4.90 Å². The average molecular weight is 886 g/mol. The Morgan fingerprint density at radius 1 is 0.471 bits per heavy atom. The predicted molar refractivity (Wildman–Crippen MR) is 288 cm³/mol. The molecule has 0 saturated heterocycles. The minimum absolute atomic E-state index is 0.499. The van der Waals surface area contributed by atoms with Gasteiger partial charge in [-0.05, 0) is 123 Å². The van der Waals surface area contributed by atoms with Crippen molar-refractivity contribution in [2.24, 2.45) is 0 Å². The topological polar surface area (TPSA) is 16.4 Å². The molecule has 3 heteroatoms. The number of benzene rings is 10. The number of furan rings is 1. The zero-order chi connectivity index (χ0) is 44.8. The Hall–Kier alpha value is -8.24. The summed E-state index contributed by atoms with van der Waals surface area (Å²) in [7, 11) is 0. The minimum atomic E-state index is -0.499. The summed E-state index contributed by atoms with van der Waals surface area (Å²) in [5, 5.41) is 7.16. The van der Waals surface area contributed by atoms with E-state index in [1.807, 2.05) is 11.3 Å². The molecule has 0 saturated carbocycles. The molecule has 320 valence electrons. The van der Waals surface area contributed by atoms with Crippen molar-refractivity contribution in [2.45, 2.75) is 18.3 Å². The molecule has 0 radical (unpaired) electrons. The molecule has 14 rings (SSSR count). The molecule has 10 aromatic carbocycles. The van der Waals surface area contributed by atoms with E-state index in [2.05, 4.69) is 242 Å². The maximum absolute atomic E-state index is 6.78. The minimum Gasteiger partial charge on any atom is -0.455 e. The van der Waals surface area contributed by atoms with Crippen molar-refractivity contribution in [1.82, 2.24) is 0 Å². The third kappa shape index (κ3) is 5.76. The van der Waals surface area contributed by atoms with E-state index in [0.717, 1.165) is 68.4 Å². The lowest BCUT2D eigenvalue weighted by Crippen LogP contribution is -2.29. The van der Waals surface area contributed by atoms with Crippen LogP contribution in [0.1, 0.15) is 35.1 Å². The van der Waals surface area contributed by atoms with Gasteiger partial charge in [0, 0.05) is 53.3 Å². The number of anilines is 3. The van der Waals surface area contributed by atoms with Crippen molar-refractivity contribution in [3.63, 3.8) is 0 Å². The number of para-hydroxylation sites is 1. The van der Waals surface area contributed by atoms with Crippen LogP contribution in [0.5, 0.6) is 0 Å². The van der Waals surface area contributed by atoms with E-state index >= 15 is 0 Å². The molecular formula is C65H43NOS. The number of rotatable bonds is 7. The summed E-state index contributed by atoms with van der Waals surface area (Å²) in [5.74, 6) is 0. The molecule has 0 spiro atoms. The summed E-state index contributed by atoms with van der Waals surface area (Å²) in [5.41, 5.74) is 17.3. The van der Waals surface area contributed by atoms with E-state index in [0.29, 0.717) is 0 Å². The molecule has 0 aliphatic heterocycles. The summed E-state index contributed by atoms with van der Waals surface area (Å²) in [4.78, 5) is 2.49. The lowest BCUT2D eigenvalue weighted by molar-refractivity contribution is 0.673. The molecule has 0 fully saturated rings. The largest absolute Gasteiger partial charge is 0.455 e. The Morgan fingerprint density at radius 2 is 1.15 bits per heavy atom. The first-order chi connectivity index (χ1) is 33.7. The highest BCUT2D eigenvalue weighted by Crippen LogP contribution is 2.58. The monoisotopic (exact) mass is 885 g/mol. The molecule has 0 amide bonds. The molecule has 0 N–H and O–H groups in total. The second kappa shape index (κ2) is 15.4. The zero-order valence-electron chi connectivity index (χ0n) is 37.2. The molecular weight excluding hydrogens is 843 g/mol. The second-order valence-electron chi connectivity index (χ2n) is 18.2. The van der Waals surface area contributed by atoms with Gasteiger partial charge in [-0.1, -0.05) is 182 Å². The van der Waals surface area contributed by atoms with Crippen molar-refractivity contribution < 1.29 is 4.42 Å². The van der Waals surface area contributed by atoms with Crippen LogP contribution in [0, 0.1) is 0 Å². The fourth-order valence-electron chi connectivity index (χ4n) is 11.8. The van der Waals surface area contributed by atoms with Gasteiger partial charge in [0.15, 0.2) is 0 Å². The molecule has 0 atom stereocenters. The van der Waals surface area contributed by atoms with Gasteiger partial charge >= 0.3 is 0 Å². The van der Waals surface area contributed by atoms with E-state index in [-0.39, 0.29) is 0 Å². The van der Waals surface area contributed by atoms with Crippen molar-refractivity contribution in [1.29, 1.82) is 0 Å². The van der Waals surface area contributed by atoms with Gasteiger partial charge in [0.2, 0.25) is 0 Å². The highest BCUT2D eigenvalue weighted by molar-refractivity contribution is 7.25. The maximum atomic E-state index is 6.78. The van der Waals surface area contributed by atoms with Gasteiger partial charge < -0.3 is 9.32 Å². The zero-order valence-corrected chi connectivity index (χ0v) is 38.0. The van der Waals surface area contributed by atoms with Crippen LogP contribution in [0.15, 0.2) is 247 Å². The lowest BCUT2D eigenvalue weighted by Gasteiger charge is -2.36. The van der Waals surface area contributed by atoms with Gasteiger partial charge in [-0.3, -0.25) is 0 Å². The Balaban J connectivity index is 1.02. The first-order valence-corrected chi connectivity index (χ1v) is 24.4. The summed E-state index contributed by atoms with van der Waals surface area (Å²) >= 11 is 1.87. The number of nitrogens with zero attached hydrogens (tertiary/aromatic N) is 1. The Labute approximate surface area is 399 Å². The van der Waals surface area contributed by atoms with E-state index in [9.17, 15) is 0 Å². The van der Waals surface area contributed by atoms with E-state index in [1.165, 1.54) is 70.1 Å². The van der Waals surface area contributed by atoms with Crippen LogP contribution in [0.3, 0.4) is 0 Å². The van der Waals surface area contributed by atoms with Crippen molar-refractivity contribution in [3.8, 4) is 22.3 Å². The van der Waals surface area contributed by atoms with Gasteiger partial charge in [-0.2, -0.15) is 0 Å². The van der Waals surface area contributed by atoms with Crippen LogP contribution in [-0.4, -0.2) is 0 Å². The Bertz CT molecular complexity index is 3980. The van der Waals surface area contributed by atoms with Gasteiger partial charge in [-0.15, -0.1) is 11.3 Å². The maximum Gasteiger partial charge on any atom is 0.143 e. The normalized spacial score (nSPS) is 14.1. The summed E-state index contributed by atoms with van der Waals surface area (Å²) in [6.45, 7) is 0. The predicted octanol–water partition coefficient (Wildman–Crippen LogP) is 18.4. The highest BCUT2D eigenvalue weighted by Gasteiger charge is 2.47. The number of thiophene rings is 1. The fourth-order valence-corrected chi connectivity index (χ4v) is 12.9. The quantitative estimate of drug-likeness (QED) is 0.159. The molecule has 2 nitrogen and oxygen atoms in total. The fraction of sp³-hybridized carbons (Fsp3) is 0.0462. The molecule has 2 heterocycles. The van der Waals surface area contributed by atoms with Crippen LogP contribution in [0.4, 0.5) is 17.1 Å². The molecule has 2 aliphatic rings. The third-order valence-electron chi connectivity index (χ3n) is 14.6. The van der Waals surface area contributed by atoms with Gasteiger partial charge in [-0.25, -0.2) is 0 Å². The SMILES string of the molecule is C1=CC2=C(CC1)c1ccc(N(c3ccc(-c4cccc5sc6ccccc6c45)cc3)c3ccccc3-c3cccc4oc5c6ccccc6ccc5c34)cc1C2(c1ccccc1)c1ccccc1. The number of fused-ring (bicyclic) bond motifs is 10. The summed E-state index contributed by atoms with van der Waals surface area (Å²) < 4.78 is 9.41. The second-order valence-corrected chi connectivity index (χ2v) is 19.2. The highest BCUT2D eigenvalue weighted by atomic mass is 32.1. The number of hydrogen-bond donors (Lipinski definition) is 0. The standard InChI is InChI=1S/C65H43NOS/c1-3-18-44(19-4-1)65(45-20-5-2-6-21-45)56-28-12-9-23-50(56)51-40-38-47(41-57(51)65)66(46-36-33-43(34-37-46)48-26-16-32-61-63(48)54-25-11-14-31-60(54)68-61)58-29-13-10-24-52(58)53-27-15-30-59-62(53)55-39-35-42-17-7-8-22-49(42)64(55)67-59/h1-8,10-22,24-41H,9,23H2. The Kier molecular flexibility index (Phi) is 8.84. The van der Waals surface area contributed by atoms with Crippen LogP contribution in [0.2, 0.25) is 0 Å². The van der Waals surface area contributed by atoms with E-state index < -0.39 is 5.41 Å². The molecule has 0 bridgehead atoms. The molecule has 0 unspecified atom stereocenters. The van der Waals surface area contributed by atoms with E-state index in [4.69, 9.17) is 4.42 Å². The van der Waals surface area contributed by atoms with E-state index in [1.54, 1.807) is 0 Å². The smallest absolute Gasteiger partial charge is 0.143 e. The molecule has 68 heavy (non-hydrogen) atoms. The van der Waals surface area contributed by atoms with Crippen LogP contribution in [-0.2, 0) is 5.41 Å². The first kappa shape index (κ1) is 39.0. The summed E-state index contributed by atoms with van der Waals surface area (Å²) in [6, 6.07) is 82.8. The number of hydrogen-bond acceptors (Lipinski definition) is 3. The van der Waals surface area contributed by atoms with Gasteiger partial charge in [0.05, 0.1) is 11.1 Å². The summed E-state index contributed by atoms with van der Waals surface area (Å²) in [6.07, 6.45) is 6.83. The Morgan fingerprint density at radius 3 is 1.99 bits per heavy atom. The van der Waals surface area contributed by atoms with Gasteiger partial charge in [0.1, 0.15) is 11.2 Å². The molecule has 12 aromatic rings. The van der Waals surface area contributed by atoms with Crippen LogP contribution in [0.25, 0.3) is 80.7 Å². The molecule has 2 aliphatic carbocycles. The van der Waals surface area contributed by atoms with Crippen LogP contribution >= 0.6 is 11.3 Å². The van der Waals surface area contributed by atoms with Crippen molar-refractivity contribution >= 4 is 86.9 Å². The first-order valence-electron chi connectivity index (χ1n) is 23.6. The third-order valence-corrected chi connectivity index (χ3v) is 15.8. The van der Waals surface area contributed by atoms with Crippen molar-refractivity contribution in [2.75, 3.05) is 4.90 Å². The van der Waals surface area contributed by atoms with Gasteiger partial charge in [0.25, 0.3) is 0 Å². The lowest BCUT2D eigenvalue weighted by atomic mass is 9.66. The van der Waals surface area contributed by atoms with Crippen molar-refractivity contribution in [3.05, 3.63) is 264 Å². The number of allylic oxidation sites excluding steroid dienone is 4.